The van der Waals surface area contributed by atoms with Gasteiger partial charge in [-0.3, -0.25) is 0 Å². The first-order chi connectivity index (χ1) is 11.9. The summed E-state index contributed by atoms with van der Waals surface area (Å²) in [6, 6.07) is 22.7. The number of fused-ring (bicyclic) bond motifs is 1. The van der Waals surface area contributed by atoms with Crippen LogP contribution in [0.5, 0.6) is 5.75 Å². The Labute approximate surface area is 142 Å². The van der Waals surface area contributed by atoms with Crippen molar-refractivity contribution < 1.29 is 9.84 Å². The Morgan fingerprint density at radius 2 is 1.67 bits per heavy atom. The van der Waals surface area contributed by atoms with Gasteiger partial charge in [0.25, 0.3) is 0 Å². The maximum atomic E-state index is 8.94. The molecule has 0 heterocycles. The second kappa shape index (κ2) is 8.48. The van der Waals surface area contributed by atoms with Crippen LogP contribution in [-0.2, 0) is 13.2 Å². The summed E-state index contributed by atoms with van der Waals surface area (Å²) in [5.41, 5.74) is 2.33. The molecule has 124 valence electrons. The number of hydrogen-bond donors (Lipinski definition) is 2. The molecule has 0 unspecified atom stereocenters. The molecule has 0 saturated carbocycles. The number of ether oxygens (including phenoxy) is 1. The maximum absolute atomic E-state index is 8.94. The van der Waals surface area contributed by atoms with Gasteiger partial charge in [0, 0.05) is 18.7 Å². The predicted molar refractivity (Wildman–Crippen MR) is 98.1 cm³/mol. The molecule has 0 bridgehead atoms. The molecule has 0 amide bonds. The Morgan fingerprint density at radius 1 is 0.875 bits per heavy atom. The molecule has 0 atom stereocenters. The lowest BCUT2D eigenvalue weighted by molar-refractivity contribution is 0.285. The first-order valence-electron chi connectivity index (χ1n) is 8.37. The molecule has 0 aliphatic heterocycles. The van der Waals surface area contributed by atoms with E-state index in [9.17, 15) is 0 Å². The lowest BCUT2D eigenvalue weighted by Crippen LogP contribution is -2.16. The van der Waals surface area contributed by atoms with Crippen molar-refractivity contribution in [2.24, 2.45) is 0 Å². The van der Waals surface area contributed by atoms with Crippen molar-refractivity contribution in [3.05, 3.63) is 77.9 Å². The Bertz CT molecular complexity index is 771. The van der Waals surface area contributed by atoms with Crippen molar-refractivity contribution in [1.29, 1.82) is 0 Å². The number of aliphatic hydroxyl groups excluding tert-OH is 1. The molecular weight excluding hydrogens is 298 g/mol. The van der Waals surface area contributed by atoms with E-state index in [0.29, 0.717) is 6.61 Å². The van der Waals surface area contributed by atoms with Gasteiger partial charge in [-0.1, -0.05) is 60.7 Å². The molecule has 0 aliphatic rings. The largest absolute Gasteiger partial charge is 0.489 e. The van der Waals surface area contributed by atoms with Gasteiger partial charge >= 0.3 is 0 Å². The van der Waals surface area contributed by atoms with Gasteiger partial charge in [0.2, 0.25) is 0 Å². The highest BCUT2D eigenvalue weighted by Crippen LogP contribution is 2.28. The molecule has 0 radical (unpaired) electrons. The highest BCUT2D eigenvalue weighted by molar-refractivity contribution is 5.87. The van der Waals surface area contributed by atoms with Crippen LogP contribution in [0.25, 0.3) is 10.8 Å². The molecule has 0 aliphatic carbocycles. The number of aliphatic hydroxyl groups is 1. The third-order valence-electron chi connectivity index (χ3n) is 4.05. The summed E-state index contributed by atoms with van der Waals surface area (Å²) in [6.45, 7) is 2.28. The third-order valence-corrected chi connectivity index (χ3v) is 4.05. The van der Waals surface area contributed by atoms with Crippen molar-refractivity contribution in [3.63, 3.8) is 0 Å². The molecule has 3 rings (SSSR count). The van der Waals surface area contributed by atoms with Gasteiger partial charge in [0.1, 0.15) is 12.4 Å². The third kappa shape index (κ3) is 4.13. The zero-order valence-corrected chi connectivity index (χ0v) is 13.7. The Kier molecular flexibility index (Phi) is 5.83. The first-order valence-corrected chi connectivity index (χ1v) is 8.37. The number of hydrogen-bond acceptors (Lipinski definition) is 3. The summed E-state index contributed by atoms with van der Waals surface area (Å²) >= 11 is 0. The summed E-state index contributed by atoms with van der Waals surface area (Å²) < 4.78 is 6.10. The fourth-order valence-corrected chi connectivity index (χ4v) is 2.79. The van der Waals surface area contributed by atoms with E-state index in [2.05, 4.69) is 47.8 Å². The fraction of sp³-hybridized carbons (Fsp3) is 0.238. The van der Waals surface area contributed by atoms with E-state index in [1.165, 1.54) is 16.3 Å². The number of nitrogens with one attached hydrogen (secondary N) is 1. The molecular formula is C21H23NO2. The SMILES string of the molecule is OCCCNCc1c(OCc2ccccc2)ccc2ccccc12. The smallest absolute Gasteiger partial charge is 0.124 e. The number of rotatable bonds is 8. The Balaban J connectivity index is 1.82. The second-order valence-electron chi connectivity index (χ2n) is 5.79. The topological polar surface area (TPSA) is 41.5 Å². The van der Waals surface area contributed by atoms with Gasteiger partial charge in [-0.05, 0) is 35.4 Å². The van der Waals surface area contributed by atoms with Gasteiger partial charge in [0.15, 0.2) is 0 Å². The Morgan fingerprint density at radius 3 is 2.50 bits per heavy atom. The quantitative estimate of drug-likeness (QED) is 0.619. The zero-order chi connectivity index (χ0) is 16.6. The van der Waals surface area contributed by atoms with Crippen LogP contribution in [0.4, 0.5) is 0 Å². The van der Waals surface area contributed by atoms with Crippen molar-refractivity contribution in [3.8, 4) is 5.75 Å². The van der Waals surface area contributed by atoms with E-state index >= 15 is 0 Å². The van der Waals surface area contributed by atoms with E-state index in [4.69, 9.17) is 9.84 Å². The molecule has 24 heavy (non-hydrogen) atoms. The summed E-state index contributed by atoms with van der Waals surface area (Å²) in [6.07, 6.45) is 0.755. The van der Waals surface area contributed by atoms with Crippen LogP contribution in [0, 0.1) is 0 Å². The fourth-order valence-electron chi connectivity index (χ4n) is 2.79. The molecule has 0 fully saturated rings. The molecule has 3 aromatic rings. The summed E-state index contributed by atoms with van der Waals surface area (Å²) in [4.78, 5) is 0. The van der Waals surface area contributed by atoms with Crippen molar-refractivity contribution in [2.75, 3.05) is 13.2 Å². The predicted octanol–water partition coefficient (Wildman–Crippen LogP) is 3.89. The molecule has 0 saturated heterocycles. The minimum Gasteiger partial charge on any atom is -0.489 e. The highest BCUT2D eigenvalue weighted by Gasteiger charge is 2.09. The van der Waals surface area contributed by atoms with Crippen LogP contribution in [0.15, 0.2) is 66.7 Å². The normalized spacial score (nSPS) is 10.9. The summed E-state index contributed by atoms with van der Waals surface area (Å²) in [7, 11) is 0. The van der Waals surface area contributed by atoms with Crippen LogP contribution in [-0.4, -0.2) is 18.3 Å². The molecule has 2 N–H and O–H groups in total. The van der Waals surface area contributed by atoms with E-state index in [1.54, 1.807) is 0 Å². The van der Waals surface area contributed by atoms with Gasteiger partial charge in [-0.15, -0.1) is 0 Å². The van der Waals surface area contributed by atoms with E-state index in [-0.39, 0.29) is 6.61 Å². The average molecular weight is 321 g/mol. The van der Waals surface area contributed by atoms with Crippen molar-refractivity contribution >= 4 is 10.8 Å². The molecule has 3 nitrogen and oxygen atoms in total. The maximum Gasteiger partial charge on any atom is 0.124 e. The van der Waals surface area contributed by atoms with Gasteiger partial charge < -0.3 is 15.2 Å². The van der Waals surface area contributed by atoms with E-state index in [0.717, 1.165) is 30.8 Å². The molecule has 0 spiro atoms. The summed E-state index contributed by atoms with van der Waals surface area (Å²) in [5.74, 6) is 0.911. The van der Waals surface area contributed by atoms with Crippen LogP contribution in [0.3, 0.4) is 0 Å². The van der Waals surface area contributed by atoms with Crippen LogP contribution in [0.1, 0.15) is 17.5 Å². The lowest BCUT2D eigenvalue weighted by Gasteiger charge is -2.15. The molecule has 3 aromatic carbocycles. The van der Waals surface area contributed by atoms with Gasteiger partial charge in [-0.25, -0.2) is 0 Å². The molecule has 0 aromatic heterocycles. The van der Waals surface area contributed by atoms with Crippen LogP contribution >= 0.6 is 0 Å². The van der Waals surface area contributed by atoms with E-state index in [1.807, 2.05) is 24.3 Å². The zero-order valence-electron chi connectivity index (χ0n) is 13.7. The van der Waals surface area contributed by atoms with Crippen molar-refractivity contribution in [2.45, 2.75) is 19.6 Å². The molecule has 3 heteroatoms. The standard InChI is InChI=1S/C21H23NO2/c23-14-6-13-22-15-20-19-10-5-4-9-18(19)11-12-21(20)24-16-17-7-2-1-3-8-17/h1-5,7-12,22-23H,6,13-16H2. The highest BCUT2D eigenvalue weighted by atomic mass is 16.5. The summed E-state index contributed by atoms with van der Waals surface area (Å²) in [5, 5.41) is 14.7. The lowest BCUT2D eigenvalue weighted by atomic mass is 10.0. The first kappa shape index (κ1) is 16.5. The average Bonchev–Trinajstić information content (AvgIpc) is 2.65. The van der Waals surface area contributed by atoms with Gasteiger partial charge in [0.05, 0.1) is 0 Å². The van der Waals surface area contributed by atoms with Crippen LogP contribution in [0.2, 0.25) is 0 Å². The van der Waals surface area contributed by atoms with Gasteiger partial charge in [-0.2, -0.15) is 0 Å². The van der Waals surface area contributed by atoms with Crippen molar-refractivity contribution in [1.82, 2.24) is 5.32 Å². The monoisotopic (exact) mass is 321 g/mol. The minimum atomic E-state index is 0.208. The van der Waals surface area contributed by atoms with E-state index < -0.39 is 0 Å². The number of benzene rings is 3. The second-order valence-corrected chi connectivity index (χ2v) is 5.79. The van der Waals surface area contributed by atoms with Crippen LogP contribution < -0.4 is 10.1 Å². The Hall–Kier alpha value is -2.36. The minimum absolute atomic E-state index is 0.208.